The molecule has 0 fully saturated rings. The van der Waals surface area contributed by atoms with Crippen molar-refractivity contribution in [2.45, 2.75) is 0 Å². The number of dihydropyridines is 1. The van der Waals surface area contributed by atoms with Crippen LogP contribution in [0.1, 0.15) is 0 Å². The van der Waals surface area contributed by atoms with Crippen molar-refractivity contribution in [2.24, 2.45) is 0 Å². The Morgan fingerprint density at radius 2 is 2.40 bits per heavy atom. The molecule has 0 unspecified atom stereocenters. The number of nitrogens with one attached hydrogen (secondary N) is 2. The standard InChI is InChI=1S/C7H8N2O/c8-5-7(10)6-3-1-2-4-9-6/h1-5,8-10H/b7-6+,8-5?. The lowest BCUT2D eigenvalue weighted by molar-refractivity contribution is 0.438. The van der Waals surface area contributed by atoms with Gasteiger partial charge >= 0.3 is 0 Å². The summed E-state index contributed by atoms with van der Waals surface area (Å²) in [6.07, 6.45) is 7.87. The lowest BCUT2D eigenvalue weighted by atomic mass is 10.3. The van der Waals surface area contributed by atoms with Crippen LogP contribution in [-0.4, -0.2) is 11.3 Å². The van der Waals surface area contributed by atoms with Gasteiger partial charge in [0.1, 0.15) is 0 Å². The third kappa shape index (κ3) is 1.25. The fourth-order valence-electron chi connectivity index (χ4n) is 0.630. The first-order valence-corrected chi connectivity index (χ1v) is 2.88. The maximum atomic E-state index is 8.97. The van der Waals surface area contributed by atoms with Gasteiger partial charge in [-0.2, -0.15) is 0 Å². The average Bonchev–Trinajstić information content (AvgIpc) is 2.05. The van der Waals surface area contributed by atoms with Crippen molar-refractivity contribution in [3.05, 3.63) is 35.9 Å². The molecule has 3 N–H and O–H groups in total. The highest BCUT2D eigenvalue weighted by Crippen LogP contribution is 2.01. The molecule has 0 atom stereocenters. The molecule has 0 aliphatic carbocycles. The van der Waals surface area contributed by atoms with Crippen molar-refractivity contribution in [3.8, 4) is 0 Å². The first kappa shape index (κ1) is 6.61. The summed E-state index contributed by atoms with van der Waals surface area (Å²) in [4.78, 5) is 0. The van der Waals surface area contributed by atoms with Gasteiger partial charge in [-0.25, -0.2) is 0 Å². The van der Waals surface area contributed by atoms with Crippen molar-refractivity contribution in [1.29, 1.82) is 5.41 Å². The minimum absolute atomic E-state index is 0.0550. The van der Waals surface area contributed by atoms with E-state index >= 15 is 0 Å². The molecule has 1 rings (SSSR count). The Kier molecular flexibility index (Phi) is 1.89. The van der Waals surface area contributed by atoms with Crippen LogP contribution in [-0.2, 0) is 0 Å². The van der Waals surface area contributed by atoms with E-state index in [0.717, 1.165) is 6.21 Å². The molecule has 0 radical (unpaired) electrons. The molecule has 0 saturated carbocycles. The molecule has 0 bridgehead atoms. The Bertz CT molecular complexity index is 226. The molecule has 3 nitrogen and oxygen atoms in total. The Balaban J connectivity index is 2.84. The normalized spacial score (nSPS) is 20.0. The summed E-state index contributed by atoms with van der Waals surface area (Å²) in [6, 6.07) is 0. The third-order valence-electron chi connectivity index (χ3n) is 1.12. The fraction of sp³-hybridized carbons (Fsp3) is 0. The number of aliphatic hydroxyl groups is 1. The molecule has 0 spiro atoms. The summed E-state index contributed by atoms with van der Waals surface area (Å²) >= 11 is 0. The molecule has 0 aromatic rings. The summed E-state index contributed by atoms with van der Waals surface area (Å²) < 4.78 is 0. The van der Waals surface area contributed by atoms with Crippen LogP contribution in [0.2, 0.25) is 0 Å². The number of hydrogen-bond acceptors (Lipinski definition) is 3. The monoisotopic (exact) mass is 136 g/mol. The van der Waals surface area contributed by atoms with Gasteiger partial charge in [0.25, 0.3) is 0 Å². The van der Waals surface area contributed by atoms with Gasteiger partial charge in [0.05, 0.1) is 11.9 Å². The van der Waals surface area contributed by atoms with Crippen molar-refractivity contribution in [3.63, 3.8) is 0 Å². The smallest absolute Gasteiger partial charge is 0.156 e. The summed E-state index contributed by atoms with van der Waals surface area (Å²) in [6.45, 7) is 0. The molecule has 0 amide bonds. The predicted molar refractivity (Wildman–Crippen MR) is 39.9 cm³/mol. The molecule has 52 valence electrons. The summed E-state index contributed by atoms with van der Waals surface area (Å²) in [7, 11) is 0. The number of aliphatic hydroxyl groups excluding tert-OH is 1. The van der Waals surface area contributed by atoms with Crippen LogP contribution in [0.4, 0.5) is 0 Å². The fourth-order valence-corrected chi connectivity index (χ4v) is 0.630. The van der Waals surface area contributed by atoms with Gasteiger partial charge in [0.2, 0.25) is 0 Å². The summed E-state index contributed by atoms with van der Waals surface area (Å²) in [5, 5.41) is 18.5. The van der Waals surface area contributed by atoms with Gasteiger partial charge in [-0.05, 0) is 12.2 Å². The number of rotatable bonds is 1. The SMILES string of the molecule is N=C/C(O)=C1/C=CC=CN1. The van der Waals surface area contributed by atoms with E-state index in [1.807, 2.05) is 0 Å². The van der Waals surface area contributed by atoms with Crippen molar-refractivity contribution >= 4 is 6.21 Å². The minimum Gasteiger partial charge on any atom is -0.504 e. The average molecular weight is 136 g/mol. The second kappa shape index (κ2) is 2.87. The molecule has 1 aliphatic heterocycles. The number of allylic oxidation sites excluding steroid dienone is 4. The Morgan fingerprint density at radius 3 is 2.90 bits per heavy atom. The molecule has 0 aromatic carbocycles. The van der Waals surface area contributed by atoms with Crippen molar-refractivity contribution < 1.29 is 5.11 Å². The van der Waals surface area contributed by atoms with Crippen LogP contribution in [0.5, 0.6) is 0 Å². The lowest BCUT2D eigenvalue weighted by Crippen LogP contribution is -2.08. The maximum Gasteiger partial charge on any atom is 0.156 e. The highest BCUT2D eigenvalue weighted by atomic mass is 16.3. The van der Waals surface area contributed by atoms with Crippen LogP contribution in [0.3, 0.4) is 0 Å². The van der Waals surface area contributed by atoms with Crippen LogP contribution >= 0.6 is 0 Å². The van der Waals surface area contributed by atoms with E-state index in [9.17, 15) is 0 Å². The van der Waals surface area contributed by atoms with Gasteiger partial charge < -0.3 is 15.8 Å². The molecule has 0 saturated heterocycles. The van der Waals surface area contributed by atoms with Crippen LogP contribution in [0.15, 0.2) is 35.9 Å². The topological polar surface area (TPSA) is 56.1 Å². The molecule has 1 heterocycles. The molecule has 3 heteroatoms. The molecule has 10 heavy (non-hydrogen) atoms. The summed E-state index contributed by atoms with van der Waals surface area (Å²) in [5.74, 6) is -0.0550. The van der Waals surface area contributed by atoms with Gasteiger partial charge in [-0.15, -0.1) is 0 Å². The van der Waals surface area contributed by atoms with E-state index in [0.29, 0.717) is 5.70 Å². The Morgan fingerprint density at radius 1 is 1.60 bits per heavy atom. The van der Waals surface area contributed by atoms with E-state index in [4.69, 9.17) is 10.5 Å². The van der Waals surface area contributed by atoms with Gasteiger partial charge in [-0.3, -0.25) is 0 Å². The van der Waals surface area contributed by atoms with E-state index in [2.05, 4.69) is 5.32 Å². The zero-order valence-electron chi connectivity index (χ0n) is 5.33. The largest absolute Gasteiger partial charge is 0.504 e. The van der Waals surface area contributed by atoms with Crippen LogP contribution in [0.25, 0.3) is 0 Å². The zero-order chi connectivity index (χ0) is 7.40. The maximum absolute atomic E-state index is 8.97. The molecular weight excluding hydrogens is 128 g/mol. The molecular formula is C7H8N2O. The minimum atomic E-state index is -0.0550. The van der Waals surface area contributed by atoms with E-state index in [-0.39, 0.29) is 5.76 Å². The first-order chi connectivity index (χ1) is 4.84. The highest BCUT2D eigenvalue weighted by Gasteiger charge is 1.97. The van der Waals surface area contributed by atoms with Gasteiger partial charge in [-0.1, -0.05) is 6.08 Å². The van der Waals surface area contributed by atoms with E-state index < -0.39 is 0 Å². The first-order valence-electron chi connectivity index (χ1n) is 2.88. The quantitative estimate of drug-likeness (QED) is 0.373. The number of hydrogen-bond donors (Lipinski definition) is 3. The van der Waals surface area contributed by atoms with Crippen molar-refractivity contribution in [1.82, 2.24) is 5.32 Å². The van der Waals surface area contributed by atoms with E-state index in [1.54, 1.807) is 24.4 Å². The third-order valence-corrected chi connectivity index (χ3v) is 1.12. The summed E-state index contributed by atoms with van der Waals surface area (Å²) in [5.41, 5.74) is 0.553. The molecule has 0 aromatic heterocycles. The van der Waals surface area contributed by atoms with Gasteiger partial charge in [0.15, 0.2) is 5.76 Å². The van der Waals surface area contributed by atoms with Crippen LogP contribution in [0, 0.1) is 5.41 Å². The second-order valence-electron chi connectivity index (χ2n) is 1.81. The Hall–Kier alpha value is -1.51. The lowest BCUT2D eigenvalue weighted by Gasteiger charge is -2.04. The van der Waals surface area contributed by atoms with Crippen LogP contribution < -0.4 is 5.32 Å². The highest BCUT2D eigenvalue weighted by molar-refractivity contribution is 5.74. The second-order valence-corrected chi connectivity index (χ2v) is 1.81. The molecule has 1 aliphatic rings. The zero-order valence-corrected chi connectivity index (χ0v) is 5.33. The van der Waals surface area contributed by atoms with Gasteiger partial charge in [0, 0.05) is 6.20 Å². The Labute approximate surface area is 58.9 Å². The predicted octanol–water partition coefficient (Wildman–Crippen LogP) is 1.08. The van der Waals surface area contributed by atoms with Crippen molar-refractivity contribution in [2.75, 3.05) is 0 Å². The van der Waals surface area contributed by atoms with E-state index in [1.165, 1.54) is 0 Å².